The summed E-state index contributed by atoms with van der Waals surface area (Å²) in [6.07, 6.45) is 2.96. The summed E-state index contributed by atoms with van der Waals surface area (Å²) in [7, 11) is 0. The molecule has 25 heavy (non-hydrogen) atoms. The van der Waals surface area contributed by atoms with E-state index >= 15 is 0 Å². The fraction of sp³-hybridized carbons (Fsp3) is 0.312. The quantitative estimate of drug-likeness (QED) is 0.241. The van der Waals surface area contributed by atoms with Crippen LogP contribution in [0.3, 0.4) is 0 Å². The molecule has 1 aromatic carbocycles. The van der Waals surface area contributed by atoms with E-state index in [0.29, 0.717) is 23.7 Å². The van der Waals surface area contributed by atoms with Gasteiger partial charge in [0.1, 0.15) is 6.54 Å². The molecule has 132 valence electrons. The average molecular weight is 364 g/mol. The maximum Gasteiger partial charge on any atom is 0.326 e. The molecule has 2 amide bonds. The summed E-state index contributed by atoms with van der Waals surface area (Å²) in [6.45, 7) is 1.75. The molecule has 0 radical (unpaired) electrons. The van der Waals surface area contributed by atoms with Crippen LogP contribution in [0.2, 0.25) is 0 Å². The molecule has 1 aromatic rings. The van der Waals surface area contributed by atoms with E-state index in [2.05, 4.69) is 0 Å². The van der Waals surface area contributed by atoms with Crippen molar-refractivity contribution in [1.82, 2.24) is 4.90 Å². The number of carbonyl (C=O) groups excluding carboxylic acids is 3. The van der Waals surface area contributed by atoms with Crippen molar-refractivity contribution in [2.24, 2.45) is 0 Å². The van der Waals surface area contributed by atoms with Crippen LogP contribution in [0.1, 0.15) is 25.3 Å². The van der Waals surface area contributed by atoms with Gasteiger partial charge in [-0.1, -0.05) is 25.5 Å². The fourth-order valence-corrected chi connectivity index (χ4v) is 2.86. The van der Waals surface area contributed by atoms with Gasteiger partial charge in [-0.2, -0.15) is 0 Å². The van der Waals surface area contributed by atoms with Crippen molar-refractivity contribution in [3.05, 3.63) is 44.8 Å². The van der Waals surface area contributed by atoms with Gasteiger partial charge in [0, 0.05) is 12.1 Å². The summed E-state index contributed by atoms with van der Waals surface area (Å²) in [4.78, 5) is 47.0. The van der Waals surface area contributed by atoms with Gasteiger partial charge in [0.25, 0.3) is 16.8 Å². The SMILES string of the molecule is CCCCOC(=O)CN1C(=O)S/C(=C/c2cccc([N+](=O)[O-])c2)C1=O. The highest BCUT2D eigenvalue weighted by Crippen LogP contribution is 2.32. The first-order valence-corrected chi connectivity index (χ1v) is 8.39. The summed E-state index contributed by atoms with van der Waals surface area (Å²) in [5.74, 6) is -1.26. The molecule has 0 aromatic heterocycles. The number of ether oxygens (including phenoxy) is 1. The monoisotopic (exact) mass is 364 g/mol. The fourth-order valence-electron chi connectivity index (χ4n) is 2.02. The van der Waals surface area contributed by atoms with Gasteiger partial charge in [0.2, 0.25) is 0 Å². The molecule has 1 heterocycles. The molecule has 0 aliphatic carbocycles. The molecular weight excluding hydrogens is 348 g/mol. The molecule has 0 bridgehead atoms. The lowest BCUT2D eigenvalue weighted by molar-refractivity contribution is -0.384. The second-order valence-corrected chi connectivity index (χ2v) is 6.19. The lowest BCUT2D eigenvalue weighted by Gasteiger charge is -2.11. The molecule has 0 spiro atoms. The van der Waals surface area contributed by atoms with Crippen LogP contribution in [0.4, 0.5) is 10.5 Å². The molecular formula is C16H16N2O6S. The predicted molar refractivity (Wildman–Crippen MR) is 91.6 cm³/mol. The van der Waals surface area contributed by atoms with E-state index < -0.39 is 28.6 Å². The van der Waals surface area contributed by atoms with E-state index in [9.17, 15) is 24.5 Å². The Hall–Kier alpha value is -2.68. The minimum Gasteiger partial charge on any atom is -0.464 e. The van der Waals surface area contributed by atoms with Crippen molar-refractivity contribution in [2.75, 3.05) is 13.2 Å². The Bertz CT molecular complexity index is 746. The molecule has 1 aliphatic rings. The van der Waals surface area contributed by atoms with Gasteiger partial charge in [-0.25, -0.2) is 0 Å². The normalized spacial score (nSPS) is 15.7. The topological polar surface area (TPSA) is 107 Å². The minimum atomic E-state index is -0.646. The molecule has 1 aliphatic heterocycles. The Balaban J connectivity index is 2.08. The third-order valence-corrected chi connectivity index (χ3v) is 4.21. The number of thioether (sulfide) groups is 1. The molecule has 2 rings (SSSR count). The van der Waals surface area contributed by atoms with Gasteiger partial charge >= 0.3 is 5.97 Å². The number of nitro benzene ring substituents is 1. The Labute approximate surface area is 148 Å². The second-order valence-electron chi connectivity index (χ2n) is 5.19. The Morgan fingerprint density at radius 1 is 1.40 bits per heavy atom. The molecule has 0 N–H and O–H groups in total. The summed E-state index contributed by atoms with van der Waals surface area (Å²) in [5, 5.41) is 10.2. The van der Waals surface area contributed by atoms with Gasteiger partial charge in [0.15, 0.2) is 0 Å². The van der Waals surface area contributed by atoms with Crippen molar-refractivity contribution in [2.45, 2.75) is 19.8 Å². The Morgan fingerprint density at radius 2 is 2.16 bits per heavy atom. The van der Waals surface area contributed by atoms with Crippen LogP contribution in [-0.4, -0.2) is 40.1 Å². The molecule has 1 saturated heterocycles. The Morgan fingerprint density at radius 3 is 2.84 bits per heavy atom. The van der Waals surface area contributed by atoms with E-state index in [1.54, 1.807) is 6.07 Å². The van der Waals surface area contributed by atoms with E-state index in [1.165, 1.54) is 24.3 Å². The predicted octanol–water partition coefficient (Wildman–Crippen LogP) is 2.97. The number of imide groups is 1. The number of nitrogens with zero attached hydrogens (tertiary/aromatic N) is 2. The number of benzene rings is 1. The second kappa shape index (κ2) is 8.43. The smallest absolute Gasteiger partial charge is 0.326 e. The van der Waals surface area contributed by atoms with Crippen molar-refractivity contribution in [3.8, 4) is 0 Å². The number of hydrogen-bond acceptors (Lipinski definition) is 7. The molecule has 0 unspecified atom stereocenters. The lowest BCUT2D eigenvalue weighted by atomic mass is 10.2. The zero-order chi connectivity index (χ0) is 18.4. The van der Waals surface area contributed by atoms with Crippen molar-refractivity contribution >= 4 is 40.6 Å². The van der Waals surface area contributed by atoms with Gasteiger partial charge < -0.3 is 4.74 Å². The number of carbonyl (C=O) groups is 3. The summed E-state index contributed by atoms with van der Waals surface area (Å²) in [5.41, 5.74) is 0.303. The molecule has 0 atom stereocenters. The number of non-ortho nitro benzene ring substituents is 1. The lowest BCUT2D eigenvalue weighted by Crippen LogP contribution is -2.34. The first kappa shape index (κ1) is 18.7. The van der Waals surface area contributed by atoms with E-state index in [-0.39, 0.29) is 17.2 Å². The number of hydrogen-bond donors (Lipinski definition) is 0. The number of esters is 1. The zero-order valence-electron chi connectivity index (χ0n) is 13.5. The first-order chi connectivity index (χ1) is 11.9. The van der Waals surface area contributed by atoms with Crippen molar-refractivity contribution in [1.29, 1.82) is 0 Å². The molecule has 9 heteroatoms. The molecule has 0 saturated carbocycles. The third kappa shape index (κ3) is 4.90. The zero-order valence-corrected chi connectivity index (χ0v) is 14.3. The van der Waals surface area contributed by atoms with E-state index in [4.69, 9.17) is 4.74 Å². The van der Waals surface area contributed by atoms with Crippen LogP contribution in [0, 0.1) is 10.1 Å². The van der Waals surface area contributed by atoms with Gasteiger partial charge in [0.05, 0.1) is 16.4 Å². The van der Waals surface area contributed by atoms with Crippen molar-refractivity contribution in [3.63, 3.8) is 0 Å². The van der Waals surface area contributed by atoms with Crippen molar-refractivity contribution < 1.29 is 24.0 Å². The van der Waals surface area contributed by atoms with Crippen LogP contribution in [0.5, 0.6) is 0 Å². The summed E-state index contributed by atoms with van der Waals surface area (Å²) >= 11 is 0.682. The van der Waals surface area contributed by atoms with Crippen LogP contribution < -0.4 is 0 Å². The number of rotatable bonds is 7. The van der Waals surface area contributed by atoms with Gasteiger partial charge in [-0.15, -0.1) is 0 Å². The number of nitro groups is 1. The van der Waals surface area contributed by atoms with E-state index in [1.807, 2.05) is 6.92 Å². The average Bonchev–Trinajstić information content (AvgIpc) is 2.83. The third-order valence-electron chi connectivity index (χ3n) is 3.30. The molecule has 1 fully saturated rings. The maximum atomic E-state index is 12.3. The first-order valence-electron chi connectivity index (χ1n) is 7.57. The Kier molecular flexibility index (Phi) is 6.29. The van der Waals surface area contributed by atoms with Gasteiger partial charge in [-0.3, -0.25) is 29.4 Å². The highest BCUT2D eigenvalue weighted by atomic mass is 32.2. The van der Waals surface area contributed by atoms with Crippen LogP contribution >= 0.6 is 11.8 Å². The van der Waals surface area contributed by atoms with Crippen LogP contribution in [0.25, 0.3) is 6.08 Å². The van der Waals surface area contributed by atoms with E-state index in [0.717, 1.165) is 11.3 Å². The largest absolute Gasteiger partial charge is 0.464 e. The number of unbranched alkanes of at least 4 members (excludes halogenated alkanes) is 1. The highest BCUT2D eigenvalue weighted by molar-refractivity contribution is 8.18. The van der Waals surface area contributed by atoms with Crippen LogP contribution in [-0.2, 0) is 14.3 Å². The summed E-state index contributed by atoms with van der Waals surface area (Å²) in [6, 6.07) is 5.70. The number of amides is 2. The van der Waals surface area contributed by atoms with Gasteiger partial charge in [-0.05, 0) is 29.8 Å². The standard InChI is InChI=1S/C16H16N2O6S/c1-2-3-7-24-14(19)10-17-15(20)13(25-16(17)21)9-11-5-4-6-12(8-11)18(22)23/h4-6,8-9H,2-3,7,10H2,1H3/b13-9+. The molecule has 8 nitrogen and oxygen atoms in total. The van der Waals surface area contributed by atoms with Crippen LogP contribution in [0.15, 0.2) is 29.2 Å². The minimum absolute atomic E-state index is 0.104. The summed E-state index contributed by atoms with van der Waals surface area (Å²) < 4.78 is 4.95. The maximum absolute atomic E-state index is 12.3. The highest BCUT2D eigenvalue weighted by Gasteiger charge is 2.36.